The van der Waals surface area contributed by atoms with Gasteiger partial charge in [0.25, 0.3) is 0 Å². The van der Waals surface area contributed by atoms with Crippen molar-refractivity contribution in [2.24, 2.45) is 10.1 Å². The van der Waals surface area contributed by atoms with E-state index >= 15 is 0 Å². The highest BCUT2D eigenvalue weighted by Crippen LogP contribution is 2.40. The predicted molar refractivity (Wildman–Crippen MR) is 155 cm³/mol. The molecule has 9 heteroatoms. The second-order valence-corrected chi connectivity index (χ2v) is 12.5. The highest BCUT2D eigenvalue weighted by molar-refractivity contribution is 8.02. The highest BCUT2D eigenvalue weighted by Gasteiger charge is 2.40. The van der Waals surface area contributed by atoms with E-state index in [9.17, 15) is 9.59 Å². The van der Waals surface area contributed by atoms with Crippen LogP contribution < -0.4 is 4.90 Å². The van der Waals surface area contributed by atoms with Gasteiger partial charge in [-0.15, -0.1) is 11.8 Å². The number of hydrazone groups is 1. The molecule has 1 unspecified atom stereocenters. The van der Waals surface area contributed by atoms with Gasteiger partial charge in [0, 0.05) is 30.3 Å². The Morgan fingerprint density at radius 1 is 1.22 bits per heavy atom. The van der Waals surface area contributed by atoms with Crippen molar-refractivity contribution < 1.29 is 9.59 Å². The number of hydrogen-bond donors (Lipinski definition) is 0. The van der Waals surface area contributed by atoms with Crippen molar-refractivity contribution in [2.75, 3.05) is 11.4 Å². The smallest absolute Gasteiger partial charge is 0.243 e. The molecule has 196 valence electrons. The number of nitrogens with zero attached hydrogens (tertiary/aromatic N) is 4. The van der Waals surface area contributed by atoms with Crippen molar-refractivity contribution in [3.05, 3.63) is 63.1 Å². The molecule has 2 heterocycles. The molecule has 6 nitrogen and oxygen atoms in total. The first-order valence-electron chi connectivity index (χ1n) is 12.5. The number of amidine groups is 1. The first-order valence-corrected chi connectivity index (χ1v) is 14.2. The number of hydrogen-bond acceptors (Lipinski definition) is 5. The number of aliphatic imine (C=N–C) groups is 1. The van der Waals surface area contributed by atoms with Crippen LogP contribution in [0.15, 0.2) is 46.5 Å². The third-order valence-electron chi connectivity index (χ3n) is 6.39. The van der Waals surface area contributed by atoms with Crippen LogP contribution in [-0.2, 0) is 16.0 Å². The van der Waals surface area contributed by atoms with E-state index in [-0.39, 0.29) is 18.4 Å². The summed E-state index contributed by atoms with van der Waals surface area (Å²) in [5.74, 6) is 0.694. The zero-order chi connectivity index (χ0) is 26.9. The second-order valence-electron chi connectivity index (χ2n) is 9.97. The Hall–Kier alpha value is -2.35. The second kappa shape index (κ2) is 11.2. The predicted octanol–water partition coefficient (Wildman–Crippen LogP) is 6.59. The molecule has 0 saturated carbocycles. The molecule has 0 bridgehead atoms. The van der Waals surface area contributed by atoms with Crippen molar-refractivity contribution in [3.63, 3.8) is 0 Å². The van der Waals surface area contributed by atoms with Gasteiger partial charge in [0.2, 0.25) is 5.91 Å². The van der Waals surface area contributed by atoms with Crippen LogP contribution in [0.25, 0.3) is 0 Å². The summed E-state index contributed by atoms with van der Waals surface area (Å²) in [7, 11) is 0. The number of amides is 1. The molecule has 2 aliphatic rings. The summed E-state index contributed by atoms with van der Waals surface area (Å²) in [6, 6.07) is 12.1. The molecule has 0 radical (unpaired) electrons. The SMILES string of the molecule is CCC(=O)N1N=C(c2ccc3c(c2)CCCN3C(=NC(C)C)c2ccc(Cl)c(Cl)c2)C(C)(C)SC1C=O. The monoisotopic (exact) mass is 558 g/mol. The lowest BCUT2D eigenvalue weighted by Crippen LogP contribution is -2.47. The van der Waals surface area contributed by atoms with Crippen molar-refractivity contribution in [2.45, 2.75) is 70.0 Å². The number of anilines is 1. The summed E-state index contributed by atoms with van der Waals surface area (Å²) < 4.78 is -0.441. The summed E-state index contributed by atoms with van der Waals surface area (Å²) in [5, 5.41) is 6.44. The number of thioether (sulfide) groups is 1. The lowest BCUT2D eigenvalue weighted by atomic mass is 9.93. The molecule has 0 N–H and O–H groups in total. The summed E-state index contributed by atoms with van der Waals surface area (Å²) >= 11 is 14.0. The lowest BCUT2D eigenvalue weighted by Gasteiger charge is -2.39. The van der Waals surface area contributed by atoms with E-state index in [0.717, 1.165) is 54.0 Å². The molecule has 0 fully saturated rings. The van der Waals surface area contributed by atoms with Crippen molar-refractivity contribution in [1.29, 1.82) is 0 Å². The highest BCUT2D eigenvalue weighted by atomic mass is 35.5. The Kier molecular flexibility index (Phi) is 8.36. The Morgan fingerprint density at radius 3 is 2.62 bits per heavy atom. The van der Waals surface area contributed by atoms with Crippen LogP contribution >= 0.6 is 35.0 Å². The van der Waals surface area contributed by atoms with E-state index in [2.05, 4.69) is 36.9 Å². The fourth-order valence-corrected chi connectivity index (χ4v) is 6.18. The number of benzene rings is 2. The summed E-state index contributed by atoms with van der Waals surface area (Å²) in [5.41, 5.74) is 4.94. The molecule has 37 heavy (non-hydrogen) atoms. The average molecular weight is 560 g/mol. The van der Waals surface area contributed by atoms with Crippen LogP contribution in [0.4, 0.5) is 5.69 Å². The van der Waals surface area contributed by atoms with Crippen molar-refractivity contribution >= 4 is 64.4 Å². The lowest BCUT2D eigenvalue weighted by molar-refractivity contribution is -0.133. The van der Waals surface area contributed by atoms with Gasteiger partial charge in [0.1, 0.15) is 5.84 Å². The summed E-state index contributed by atoms with van der Waals surface area (Å²) in [6.45, 7) is 10.8. The minimum Gasteiger partial charge on any atom is -0.326 e. The van der Waals surface area contributed by atoms with Crippen molar-refractivity contribution in [3.8, 4) is 0 Å². The summed E-state index contributed by atoms with van der Waals surface area (Å²) in [4.78, 5) is 31.5. The largest absolute Gasteiger partial charge is 0.326 e. The van der Waals surface area contributed by atoms with E-state index in [4.69, 9.17) is 33.3 Å². The Bertz CT molecular complexity index is 1270. The maximum Gasteiger partial charge on any atom is 0.243 e. The van der Waals surface area contributed by atoms with Crippen LogP contribution in [-0.4, -0.2) is 51.5 Å². The van der Waals surface area contributed by atoms with Gasteiger partial charge in [0.15, 0.2) is 11.7 Å². The van der Waals surface area contributed by atoms with Gasteiger partial charge < -0.3 is 4.90 Å². The molecule has 2 aromatic rings. The zero-order valence-corrected chi connectivity index (χ0v) is 24.1. The number of halogens is 2. The van der Waals surface area contributed by atoms with E-state index in [0.29, 0.717) is 10.0 Å². The fourth-order valence-electron chi connectivity index (χ4n) is 4.69. The average Bonchev–Trinajstić information content (AvgIpc) is 2.87. The number of fused-ring (bicyclic) bond motifs is 1. The molecule has 4 rings (SSSR count). The molecular weight excluding hydrogens is 527 g/mol. The number of carbonyl (C=O) groups excluding carboxylic acids is 2. The van der Waals surface area contributed by atoms with Gasteiger partial charge in [-0.1, -0.05) is 36.2 Å². The van der Waals surface area contributed by atoms with Gasteiger partial charge in [0.05, 0.1) is 20.5 Å². The fraction of sp³-hybridized carbons (Fsp3) is 0.429. The Balaban J connectivity index is 1.77. The molecular formula is C28H32Cl2N4O2S. The molecule has 1 atom stereocenters. The first kappa shape index (κ1) is 27.7. The standard InChI is InChI=1S/C28H32Cl2N4O2S/c1-6-24(36)34-25(16-35)37-28(4,5)26(32-34)19-10-12-23-18(14-19)8-7-13-33(23)27(31-17(2)3)20-9-11-21(29)22(30)15-20/h9-12,14-17,25H,6-8,13H2,1-5H3. The van der Waals surface area contributed by atoms with Gasteiger partial charge in [-0.2, -0.15) is 5.10 Å². The third kappa shape index (κ3) is 5.74. The molecule has 2 aliphatic heterocycles. The van der Waals surface area contributed by atoms with Crippen LogP contribution in [0, 0.1) is 0 Å². The van der Waals surface area contributed by atoms with Gasteiger partial charge in [-0.3, -0.25) is 14.6 Å². The quantitative estimate of drug-likeness (QED) is 0.235. The molecule has 0 aliphatic carbocycles. The third-order valence-corrected chi connectivity index (χ3v) is 8.47. The molecule has 0 spiro atoms. The van der Waals surface area contributed by atoms with Gasteiger partial charge in [-0.25, -0.2) is 5.01 Å². The molecule has 0 saturated heterocycles. The normalized spacial score (nSPS) is 19.5. The maximum absolute atomic E-state index is 12.6. The maximum atomic E-state index is 12.6. The number of aldehydes is 1. The number of rotatable bonds is 5. The van der Waals surface area contributed by atoms with E-state index in [1.54, 1.807) is 13.0 Å². The Morgan fingerprint density at radius 2 is 1.97 bits per heavy atom. The van der Waals surface area contributed by atoms with Gasteiger partial charge in [-0.05, 0) is 82.0 Å². The van der Waals surface area contributed by atoms with Crippen molar-refractivity contribution in [1.82, 2.24) is 5.01 Å². The first-order chi connectivity index (χ1) is 17.6. The van der Waals surface area contributed by atoms with E-state index in [1.165, 1.54) is 22.3 Å². The van der Waals surface area contributed by atoms with Crippen LogP contribution in [0.3, 0.4) is 0 Å². The Labute approximate surface area is 233 Å². The van der Waals surface area contributed by atoms with Crippen LogP contribution in [0.5, 0.6) is 0 Å². The molecule has 0 aromatic heterocycles. The van der Waals surface area contributed by atoms with E-state index in [1.807, 2.05) is 26.0 Å². The van der Waals surface area contributed by atoms with Crippen LogP contribution in [0.2, 0.25) is 10.0 Å². The summed E-state index contributed by atoms with van der Waals surface area (Å²) in [6.07, 6.45) is 2.97. The van der Waals surface area contributed by atoms with Gasteiger partial charge >= 0.3 is 0 Å². The number of carbonyl (C=O) groups is 2. The number of aryl methyl sites for hydroxylation is 1. The molecule has 1 amide bonds. The van der Waals surface area contributed by atoms with Crippen LogP contribution in [0.1, 0.15) is 64.2 Å². The molecule has 2 aromatic carbocycles. The zero-order valence-electron chi connectivity index (χ0n) is 21.8. The van der Waals surface area contributed by atoms with E-state index < -0.39 is 10.1 Å². The minimum atomic E-state index is -0.625. The minimum absolute atomic E-state index is 0.0939. The topological polar surface area (TPSA) is 65.3 Å².